The number of aromatic nitrogens is 2. The number of nitrogens with zero attached hydrogens (tertiary/aromatic N) is 3. The second-order valence-electron chi connectivity index (χ2n) is 6.24. The molecule has 0 unspecified atom stereocenters. The van der Waals surface area contributed by atoms with Crippen molar-refractivity contribution < 1.29 is 14.3 Å². The molecule has 29 heavy (non-hydrogen) atoms. The van der Waals surface area contributed by atoms with Gasteiger partial charge in [0.2, 0.25) is 5.91 Å². The fourth-order valence-corrected chi connectivity index (χ4v) is 3.28. The van der Waals surface area contributed by atoms with Crippen molar-refractivity contribution in [2.24, 2.45) is 0 Å². The number of amides is 2. The topological polar surface area (TPSA) is 84.4 Å². The summed E-state index contributed by atoms with van der Waals surface area (Å²) in [6.07, 6.45) is 0. The van der Waals surface area contributed by atoms with E-state index < -0.39 is 5.91 Å². The normalized spacial score (nSPS) is 10.4. The van der Waals surface area contributed by atoms with Gasteiger partial charge in [-0.15, -0.1) is 5.10 Å². The van der Waals surface area contributed by atoms with Crippen molar-refractivity contribution >= 4 is 40.6 Å². The van der Waals surface area contributed by atoms with Gasteiger partial charge in [0.05, 0.1) is 7.11 Å². The first-order valence-corrected chi connectivity index (χ1v) is 9.94. The highest BCUT2D eigenvalue weighted by molar-refractivity contribution is 7.03. The average Bonchev–Trinajstić information content (AvgIpc) is 3.27. The minimum atomic E-state index is -0.413. The van der Waals surface area contributed by atoms with Crippen LogP contribution in [0.15, 0.2) is 47.8 Å². The molecule has 0 aliphatic carbocycles. The van der Waals surface area contributed by atoms with Crippen molar-refractivity contribution in [3.63, 3.8) is 0 Å². The molecular formula is C20H19ClN4O3S. The monoisotopic (exact) mass is 430 g/mol. The maximum Gasteiger partial charge on any atom is 0.280 e. The summed E-state index contributed by atoms with van der Waals surface area (Å²) in [7, 11) is 1.60. The Hall–Kier alpha value is -2.97. The highest BCUT2D eigenvalue weighted by Gasteiger charge is 2.24. The molecule has 7 nitrogen and oxygen atoms in total. The third kappa shape index (κ3) is 5.30. The molecule has 0 fully saturated rings. The molecular weight excluding hydrogens is 412 g/mol. The molecule has 2 aromatic carbocycles. The Labute approximate surface area is 177 Å². The van der Waals surface area contributed by atoms with Gasteiger partial charge in [-0.05, 0) is 53.8 Å². The van der Waals surface area contributed by atoms with Crippen LogP contribution >= 0.6 is 23.1 Å². The maximum absolute atomic E-state index is 12.9. The lowest BCUT2D eigenvalue weighted by molar-refractivity contribution is -0.119. The number of carbonyl (C=O) groups is 2. The van der Waals surface area contributed by atoms with E-state index in [4.69, 9.17) is 16.3 Å². The van der Waals surface area contributed by atoms with E-state index >= 15 is 0 Å². The molecule has 0 atom stereocenters. The SMILES string of the molecule is COc1ccc(CNC(=O)CN(C(=O)c2csnn2)c2cc(Cl)ccc2C)cc1. The van der Waals surface area contributed by atoms with Gasteiger partial charge in [0.1, 0.15) is 12.3 Å². The smallest absolute Gasteiger partial charge is 0.280 e. The number of rotatable bonds is 7. The van der Waals surface area contributed by atoms with Crippen LogP contribution in [-0.4, -0.2) is 35.1 Å². The van der Waals surface area contributed by atoms with Crippen LogP contribution in [0.1, 0.15) is 21.6 Å². The molecule has 9 heteroatoms. The first-order valence-electron chi connectivity index (χ1n) is 8.72. The Morgan fingerprint density at radius 2 is 1.97 bits per heavy atom. The molecule has 0 radical (unpaired) electrons. The third-order valence-electron chi connectivity index (χ3n) is 4.24. The van der Waals surface area contributed by atoms with Crippen molar-refractivity contribution in [2.75, 3.05) is 18.6 Å². The van der Waals surface area contributed by atoms with Gasteiger partial charge in [-0.3, -0.25) is 14.5 Å². The zero-order chi connectivity index (χ0) is 20.8. The van der Waals surface area contributed by atoms with E-state index in [-0.39, 0.29) is 18.1 Å². The number of hydrogen-bond acceptors (Lipinski definition) is 6. The van der Waals surface area contributed by atoms with Gasteiger partial charge >= 0.3 is 0 Å². The first-order chi connectivity index (χ1) is 14.0. The Morgan fingerprint density at radius 1 is 1.21 bits per heavy atom. The summed E-state index contributed by atoms with van der Waals surface area (Å²) >= 11 is 7.19. The molecule has 3 rings (SSSR count). The van der Waals surface area contributed by atoms with Gasteiger partial charge < -0.3 is 10.1 Å². The zero-order valence-corrected chi connectivity index (χ0v) is 17.5. The summed E-state index contributed by atoms with van der Waals surface area (Å²) in [6, 6.07) is 12.6. The van der Waals surface area contributed by atoms with Crippen LogP contribution in [0.25, 0.3) is 0 Å². The average molecular weight is 431 g/mol. The predicted octanol–water partition coefficient (Wildman–Crippen LogP) is 3.47. The van der Waals surface area contributed by atoms with Gasteiger partial charge in [0.25, 0.3) is 5.91 Å². The number of aryl methyl sites for hydroxylation is 1. The van der Waals surface area contributed by atoms with E-state index in [1.54, 1.807) is 30.7 Å². The summed E-state index contributed by atoms with van der Waals surface area (Å²) in [6.45, 7) is 2.01. The summed E-state index contributed by atoms with van der Waals surface area (Å²) < 4.78 is 8.86. The Bertz CT molecular complexity index is 993. The van der Waals surface area contributed by atoms with Crippen molar-refractivity contribution in [2.45, 2.75) is 13.5 Å². The molecule has 150 valence electrons. The van der Waals surface area contributed by atoms with E-state index in [1.165, 1.54) is 4.90 Å². The van der Waals surface area contributed by atoms with Crippen LogP contribution in [0.5, 0.6) is 5.75 Å². The lowest BCUT2D eigenvalue weighted by Crippen LogP contribution is -2.41. The molecule has 2 amide bonds. The molecule has 1 heterocycles. The van der Waals surface area contributed by atoms with E-state index in [2.05, 4.69) is 14.9 Å². The Kier molecular flexibility index (Phi) is 6.79. The third-order valence-corrected chi connectivity index (χ3v) is 4.98. The number of ether oxygens (including phenoxy) is 1. The van der Waals surface area contributed by atoms with Crippen LogP contribution in [0.4, 0.5) is 5.69 Å². The second-order valence-corrected chi connectivity index (χ2v) is 7.28. The van der Waals surface area contributed by atoms with Crippen LogP contribution in [-0.2, 0) is 11.3 Å². The van der Waals surface area contributed by atoms with E-state index in [9.17, 15) is 9.59 Å². The van der Waals surface area contributed by atoms with Crippen LogP contribution in [0, 0.1) is 6.92 Å². The summed E-state index contributed by atoms with van der Waals surface area (Å²) in [5.74, 6) is 0.0191. The number of hydrogen-bond donors (Lipinski definition) is 1. The van der Waals surface area contributed by atoms with Crippen molar-refractivity contribution in [3.8, 4) is 5.75 Å². The number of anilines is 1. The molecule has 0 saturated carbocycles. The molecule has 0 spiro atoms. The molecule has 0 aliphatic heterocycles. The number of methoxy groups -OCH3 is 1. The number of halogens is 1. The minimum Gasteiger partial charge on any atom is -0.497 e. The second kappa shape index (κ2) is 9.49. The summed E-state index contributed by atoms with van der Waals surface area (Å²) in [5, 5.41) is 8.68. The van der Waals surface area contributed by atoms with E-state index in [0.29, 0.717) is 17.3 Å². The van der Waals surface area contributed by atoms with Gasteiger partial charge in [0, 0.05) is 22.6 Å². The van der Waals surface area contributed by atoms with Gasteiger partial charge in [-0.1, -0.05) is 34.3 Å². The summed E-state index contributed by atoms with van der Waals surface area (Å²) in [5.41, 5.74) is 2.46. The fraction of sp³-hybridized carbons (Fsp3) is 0.200. The van der Waals surface area contributed by atoms with E-state index in [1.807, 2.05) is 31.2 Å². The number of carbonyl (C=O) groups excluding carboxylic acids is 2. The lowest BCUT2D eigenvalue weighted by Gasteiger charge is -2.23. The molecule has 1 aromatic heterocycles. The maximum atomic E-state index is 12.9. The van der Waals surface area contributed by atoms with Crippen LogP contribution in [0.3, 0.4) is 0 Å². The van der Waals surface area contributed by atoms with Crippen molar-refractivity contribution in [1.82, 2.24) is 14.9 Å². The molecule has 0 aliphatic rings. The molecule has 0 bridgehead atoms. The quantitative estimate of drug-likeness (QED) is 0.620. The zero-order valence-electron chi connectivity index (χ0n) is 15.9. The van der Waals surface area contributed by atoms with Crippen LogP contribution in [0.2, 0.25) is 5.02 Å². The number of nitrogens with one attached hydrogen (secondary N) is 1. The Morgan fingerprint density at radius 3 is 2.62 bits per heavy atom. The Balaban J connectivity index is 1.76. The highest BCUT2D eigenvalue weighted by atomic mass is 35.5. The largest absolute Gasteiger partial charge is 0.497 e. The predicted molar refractivity (Wildman–Crippen MR) is 113 cm³/mol. The van der Waals surface area contributed by atoms with Gasteiger partial charge in [-0.25, -0.2) is 0 Å². The van der Waals surface area contributed by atoms with Gasteiger partial charge in [-0.2, -0.15) is 0 Å². The summed E-state index contributed by atoms with van der Waals surface area (Å²) in [4.78, 5) is 26.9. The minimum absolute atomic E-state index is 0.173. The first kappa shape index (κ1) is 20.8. The lowest BCUT2D eigenvalue weighted by atomic mass is 10.1. The fourth-order valence-electron chi connectivity index (χ4n) is 2.68. The highest BCUT2D eigenvalue weighted by Crippen LogP contribution is 2.25. The standard InChI is InChI=1S/C20H19ClN4O3S/c1-13-3-6-15(21)9-18(13)25(20(27)17-12-29-24-23-17)11-19(26)22-10-14-4-7-16(28-2)8-5-14/h3-9,12H,10-11H2,1-2H3,(H,22,26). The number of benzene rings is 2. The van der Waals surface area contributed by atoms with Crippen LogP contribution < -0.4 is 15.0 Å². The van der Waals surface area contributed by atoms with E-state index in [0.717, 1.165) is 28.4 Å². The van der Waals surface area contributed by atoms with Crippen molar-refractivity contribution in [1.29, 1.82) is 0 Å². The van der Waals surface area contributed by atoms with Gasteiger partial charge in [0.15, 0.2) is 5.69 Å². The van der Waals surface area contributed by atoms with Crippen molar-refractivity contribution in [3.05, 3.63) is 69.7 Å². The molecule has 3 aromatic rings. The molecule has 1 N–H and O–H groups in total. The molecule has 0 saturated heterocycles.